The van der Waals surface area contributed by atoms with E-state index in [2.05, 4.69) is 70.0 Å². The van der Waals surface area contributed by atoms with Gasteiger partial charge in [-0.3, -0.25) is 53.3 Å². The molecule has 2 aliphatic heterocycles. The molecule has 412 valence electrons. The van der Waals surface area contributed by atoms with Gasteiger partial charge in [0.1, 0.15) is 30.1 Å². The molecule has 4 aromatic rings. The Labute approximate surface area is 445 Å². The SMILES string of the molecule is CCCCOc1nc(N)c2n[nH]c(Cc3ccc(CN4CC[C@@H](NC(=O)[C@H](OCNC(=O)CNC(=O)[C@H](Cc5ccccc5)NC(=O)CNC(=O)CNC(=O)CCCCCN5C(=O)C=CC5=O)C5CC5)C4)cc3OC)c2n1. The maximum Gasteiger partial charge on any atom is 0.319 e. The van der Waals surface area contributed by atoms with Gasteiger partial charge in [-0.1, -0.05) is 62.2 Å². The molecule has 0 radical (unpaired) electrons. The lowest BCUT2D eigenvalue weighted by Crippen LogP contribution is -2.52. The summed E-state index contributed by atoms with van der Waals surface area (Å²) < 4.78 is 17.5. The number of fused-ring (bicyclic) bond motifs is 1. The van der Waals surface area contributed by atoms with Crippen LogP contribution >= 0.6 is 0 Å². The van der Waals surface area contributed by atoms with Crippen LogP contribution in [0.25, 0.3) is 11.0 Å². The fraction of sp³-hybridized carbons (Fsp3) is 0.491. The van der Waals surface area contributed by atoms with Crippen LogP contribution in [0, 0.1) is 5.92 Å². The van der Waals surface area contributed by atoms with Crippen molar-refractivity contribution >= 4 is 64.1 Å². The van der Waals surface area contributed by atoms with Gasteiger partial charge < -0.3 is 51.8 Å². The zero-order valence-corrected chi connectivity index (χ0v) is 43.5. The Morgan fingerprint density at radius 2 is 1.55 bits per heavy atom. The van der Waals surface area contributed by atoms with Crippen molar-refractivity contribution in [1.29, 1.82) is 0 Å². The van der Waals surface area contributed by atoms with E-state index < -0.39 is 48.9 Å². The summed E-state index contributed by atoms with van der Waals surface area (Å²) in [5, 5.41) is 23.2. The van der Waals surface area contributed by atoms with Gasteiger partial charge in [-0.15, -0.1) is 0 Å². The normalized spacial score (nSPS) is 16.0. The second-order valence-electron chi connectivity index (χ2n) is 19.3. The van der Waals surface area contributed by atoms with Crippen LogP contribution in [0.3, 0.4) is 0 Å². The van der Waals surface area contributed by atoms with E-state index in [1.165, 1.54) is 12.2 Å². The van der Waals surface area contributed by atoms with E-state index in [9.17, 15) is 38.4 Å². The van der Waals surface area contributed by atoms with Crippen molar-refractivity contribution < 1.29 is 52.6 Å². The number of nitrogens with two attached hydrogens (primary N) is 1. The molecule has 4 heterocycles. The molecule has 0 bridgehead atoms. The lowest BCUT2D eigenvalue weighted by atomic mass is 10.0. The predicted molar refractivity (Wildman–Crippen MR) is 280 cm³/mol. The van der Waals surface area contributed by atoms with Crippen LogP contribution in [-0.2, 0) is 62.5 Å². The van der Waals surface area contributed by atoms with Crippen LogP contribution in [0.15, 0.2) is 60.7 Å². The van der Waals surface area contributed by atoms with Gasteiger partial charge in [0.25, 0.3) is 11.8 Å². The van der Waals surface area contributed by atoms with Crippen LogP contribution < -0.4 is 47.1 Å². The number of unbranched alkanes of at least 4 members (excludes halogenated alkanes) is 3. The molecular weight excluding hydrogens is 995 g/mol. The molecule has 0 unspecified atom stereocenters. The molecule has 2 aromatic carbocycles. The Bertz CT molecular complexity index is 2750. The molecule has 7 rings (SSSR count). The van der Waals surface area contributed by atoms with Gasteiger partial charge in [0.2, 0.25) is 35.4 Å². The zero-order chi connectivity index (χ0) is 54.7. The number of hydrogen-bond acceptors (Lipinski definition) is 16. The van der Waals surface area contributed by atoms with E-state index in [1.54, 1.807) is 37.4 Å². The second kappa shape index (κ2) is 28.2. The average Bonchev–Trinajstić information content (AvgIpc) is 3.94. The number of amides is 8. The molecule has 8 amide bonds. The highest BCUT2D eigenvalue weighted by atomic mass is 16.5. The number of imide groups is 1. The second-order valence-corrected chi connectivity index (χ2v) is 19.3. The Morgan fingerprint density at radius 1 is 0.805 bits per heavy atom. The minimum absolute atomic E-state index is 0.0145. The molecule has 3 atom stereocenters. The number of nitrogens with zero attached hydrogens (tertiary/aromatic N) is 5. The Morgan fingerprint density at radius 3 is 2.30 bits per heavy atom. The Hall–Kier alpha value is -7.99. The summed E-state index contributed by atoms with van der Waals surface area (Å²) in [5.41, 5.74) is 10.7. The molecule has 0 spiro atoms. The molecule has 24 heteroatoms. The van der Waals surface area contributed by atoms with Gasteiger partial charge >= 0.3 is 6.01 Å². The quantitative estimate of drug-likeness (QED) is 0.0197. The van der Waals surface area contributed by atoms with Gasteiger partial charge in [-0.05, 0) is 61.6 Å². The van der Waals surface area contributed by atoms with E-state index in [-0.39, 0.29) is 80.1 Å². The summed E-state index contributed by atoms with van der Waals surface area (Å²) in [5.74, 6) is -2.89. The fourth-order valence-electron chi connectivity index (χ4n) is 8.89. The summed E-state index contributed by atoms with van der Waals surface area (Å²) in [6.07, 6.45) is 8.18. The number of carbonyl (C=O) groups is 8. The van der Waals surface area contributed by atoms with Crippen LogP contribution in [-0.4, -0.2) is 155 Å². The molecular formula is C53H69N13O11. The number of carbonyl (C=O) groups excluding carboxylic acids is 8. The minimum Gasteiger partial charge on any atom is -0.496 e. The molecule has 1 saturated heterocycles. The summed E-state index contributed by atoms with van der Waals surface area (Å²) in [4.78, 5) is 113. The standard InChI is InChI=1S/C53H69N13O11/c1-3-4-23-76-53-61-47-38(63-64-48(47)50(54)62-53)26-36-15-14-34(25-40(36)75-2)30-65-22-20-37(31-65)59-52(74)49(35-16-17-35)77-32-58-43(69)28-57-51(73)39(24-33-11-7-5-8-12-33)60-44(70)29-56-42(68)27-55-41(67)13-9-6-10-21-66-45(71)18-19-46(66)72/h5,7-8,11-12,14-15,18-19,25,35,37,39,49H,3-4,6,9-10,13,16-17,20-24,26-32H2,1-2H3,(H,55,67)(H,56,68)(H,57,73)(H,58,69)(H,59,74)(H,60,70)(H,63,64)(H2,54,61,62)/t37-,39+,49-/m1/s1. The van der Waals surface area contributed by atoms with Crippen molar-refractivity contribution in [2.45, 2.75) is 102 Å². The van der Waals surface area contributed by atoms with Crippen molar-refractivity contribution in [1.82, 2.24) is 61.9 Å². The fourth-order valence-corrected chi connectivity index (χ4v) is 8.89. The molecule has 2 aromatic heterocycles. The first kappa shape index (κ1) is 56.7. The largest absolute Gasteiger partial charge is 0.496 e. The average molecular weight is 1060 g/mol. The number of ether oxygens (including phenoxy) is 3. The summed E-state index contributed by atoms with van der Waals surface area (Å²) in [6, 6.07) is 14.0. The number of likely N-dealkylation sites (tertiary alicyclic amines) is 1. The maximum absolute atomic E-state index is 13.6. The van der Waals surface area contributed by atoms with Crippen LogP contribution in [0.1, 0.15) is 87.1 Å². The number of hydrogen-bond donors (Lipinski definition) is 8. The molecule has 1 aliphatic carbocycles. The number of anilines is 1. The first-order chi connectivity index (χ1) is 37.3. The number of aromatic amines is 1. The van der Waals surface area contributed by atoms with E-state index >= 15 is 0 Å². The lowest BCUT2D eigenvalue weighted by Gasteiger charge is -2.21. The third-order valence-corrected chi connectivity index (χ3v) is 13.2. The van der Waals surface area contributed by atoms with Gasteiger partial charge in [0, 0.05) is 69.2 Å². The Balaban J connectivity index is 0.800. The molecule has 1 saturated carbocycles. The van der Waals surface area contributed by atoms with E-state index in [0.717, 1.165) is 65.9 Å². The lowest BCUT2D eigenvalue weighted by molar-refractivity contribution is -0.138. The zero-order valence-electron chi connectivity index (χ0n) is 43.5. The first-order valence-corrected chi connectivity index (χ1v) is 26.1. The monoisotopic (exact) mass is 1060 g/mol. The molecule has 77 heavy (non-hydrogen) atoms. The third-order valence-electron chi connectivity index (χ3n) is 13.2. The highest BCUT2D eigenvalue weighted by molar-refractivity contribution is 6.12. The summed E-state index contributed by atoms with van der Waals surface area (Å²) in [7, 11) is 1.63. The topological polar surface area (TPSA) is 323 Å². The maximum atomic E-state index is 13.6. The van der Waals surface area contributed by atoms with Gasteiger partial charge in [0.15, 0.2) is 11.3 Å². The van der Waals surface area contributed by atoms with Gasteiger partial charge in [0.05, 0.1) is 39.0 Å². The summed E-state index contributed by atoms with van der Waals surface area (Å²) >= 11 is 0. The Kier molecular flexibility index (Phi) is 20.8. The third kappa shape index (κ3) is 17.3. The minimum atomic E-state index is -1.11. The van der Waals surface area contributed by atoms with E-state index in [1.807, 2.05) is 12.1 Å². The van der Waals surface area contributed by atoms with Crippen molar-refractivity contribution in [2.24, 2.45) is 5.92 Å². The van der Waals surface area contributed by atoms with E-state index in [0.29, 0.717) is 62.2 Å². The van der Waals surface area contributed by atoms with Gasteiger partial charge in [-0.25, -0.2) is 0 Å². The summed E-state index contributed by atoms with van der Waals surface area (Å²) in [6.45, 7) is 3.31. The van der Waals surface area contributed by atoms with Crippen molar-refractivity contribution in [3.8, 4) is 11.8 Å². The highest BCUT2D eigenvalue weighted by Crippen LogP contribution is 2.35. The van der Waals surface area contributed by atoms with Crippen LogP contribution in [0.2, 0.25) is 0 Å². The number of rotatable bonds is 31. The number of aromatic nitrogens is 4. The number of H-pyrrole nitrogens is 1. The smallest absolute Gasteiger partial charge is 0.319 e. The number of methoxy groups -OCH3 is 1. The number of nitrogen functional groups attached to an aromatic ring is 1. The van der Waals surface area contributed by atoms with Crippen molar-refractivity contribution in [3.63, 3.8) is 0 Å². The predicted octanol–water partition coefficient (Wildman–Crippen LogP) is 0.834. The van der Waals surface area contributed by atoms with Crippen molar-refractivity contribution in [3.05, 3.63) is 83.1 Å². The molecule has 9 N–H and O–H groups in total. The number of benzene rings is 2. The molecule has 2 fully saturated rings. The van der Waals surface area contributed by atoms with E-state index in [4.69, 9.17) is 19.9 Å². The number of nitrogens with one attached hydrogen (secondary N) is 7. The van der Waals surface area contributed by atoms with Gasteiger partial charge in [-0.2, -0.15) is 15.1 Å². The van der Waals surface area contributed by atoms with Crippen LogP contribution in [0.4, 0.5) is 5.82 Å². The van der Waals surface area contributed by atoms with Crippen molar-refractivity contribution in [2.75, 3.05) is 65.4 Å². The highest BCUT2D eigenvalue weighted by Gasteiger charge is 2.39. The van der Waals surface area contributed by atoms with Crippen LogP contribution in [0.5, 0.6) is 11.8 Å². The molecule has 24 nitrogen and oxygen atoms in total. The first-order valence-electron chi connectivity index (χ1n) is 26.1. The molecule has 3 aliphatic rings.